The van der Waals surface area contributed by atoms with Gasteiger partial charge in [0, 0.05) is 23.7 Å². The molecule has 126 valence electrons. The van der Waals surface area contributed by atoms with Crippen molar-refractivity contribution >= 4 is 28.2 Å². The SMILES string of the molecule is CN(c1cccc(-c2ccco2)c1)c1nc2nncn2c2ccccc12. The number of aromatic nitrogens is 4. The zero-order valence-electron chi connectivity index (χ0n) is 14.1. The van der Waals surface area contributed by atoms with Crippen molar-refractivity contribution in [2.45, 2.75) is 0 Å². The second-order valence-electron chi connectivity index (χ2n) is 6.04. The van der Waals surface area contributed by atoms with Crippen molar-refractivity contribution in [2.75, 3.05) is 11.9 Å². The first kappa shape index (κ1) is 14.7. The number of fused-ring (bicyclic) bond motifs is 3. The Morgan fingerprint density at radius 2 is 1.92 bits per heavy atom. The van der Waals surface area contributed by atoms with Gasteiger partial charge in [-0.3, -0.25) is 4.40 Å². The molecule has 6 nitrogen and oxygen atoms in total. The monoisotopic (exact) mass is 341 g/mol. The highest BCUT2D eigenvalue weighted by Crippen LogP contribution is 2.32. The Kier molecular flexibility index (Phi) is 3.21. The number of para-hydroxylation sites is 1. The molecule has 0 N–H and O–H groups in total. The van der Waals surface area contributed by atoms with Crippen LogP contribution < -0.4 is 4.90 Å². The zero-order valence-corrected chi connectivity index (χ0v) is 14.1. The molecule has 3 heterocycles. The number of furan rings is 1. The van der Waals surface area contributed by atoms with E-state index in [9.17, 15) is 0 Å². The van der Waals surface area contributed by atoms with Crippen molar-refractivity contribution < 1.29 is 4.42 Å². The molecule has 0 spiro atoms. The minimum absolute atomic E-state index is 0.577. The molecule has 0 saturated carbocycles. The van der Waals surface area contributed by atoms with E-state index in [0.717, 1.165) is 33.7 Å². The van der Waals surface area contributed by atoms with E-state index in [1.165, 1.54) is 0 Å². The molecule has 0 fully saturated rings. The van der Waals surface area contributed by atoms with Gasteiger partial charge in [-0.05, 0) is 36.4 Å². The molecule has 26 heavy (non-hydrogen) atoms. The quantitative estimate of drug-likeness (QED) is 0.489. The molecule has 0 saturated heterocycles. The van der Waals surface area contributed by atoms with Crippen LogP contribution in [0.2, 0.25) is 0 Å². The molecule has 6 heteroatoms. The normalized spacial score (nSPS) is 11.3. The van der Waals surface area contributed by atoms with Gasteiger partial charge in [0.2, 0.25) is 0 Å². The van der Waals surface area contributed by atoms with Crippen molar-refractivity contribution in [1.82, 2.24) is 19.6 Å². The van der Waals surface area contributed by atoms with Gasteiger partial charge in [0.1, 0.15) is 17.9 Å². The van der Waals surface area contributed by atoms with Crippen LogP contribution >= 0.6 is 0 Å². The maximum absolute atomic E-state index is 5.52. The lowest BCUT2D eigenvalue weighted by atomic mass is 10.1. The van der Waals surface area contributed by atoms with Crippen LogP contribution in [0.3, 0.4) is 0 Å². The summed E-state index contributed by atoms with van der Waals surface area (Å²) in [5.41, 5.74) is 3.05. The number of benzene rings is 2. The highest BCUT2D eigenvalue weighted by molar-refractivity contribution is 5.93. The van der Waals surface area contributed by atoms with Gasteiger partial charge < -0.3 is 9.32 Å². The Morgan fingerprint density at radius 3 is 2.81 bits per heavy atom. The lowest BCUT2D eigenvalue weighted by molar-refractivity contribution is 0.582. The molecule has 2 aromatic carbocycles. The zero-order chi connectivity index (χ0) is 17.5. The third-order valence-electron chi connectivity index (χ3n) is 4.50. The van der Waals surface area contributed by atoms with E-state index in [0.29, 0.717) is 5.78 Å². The second-order valence-corrected chi connectivity index (χ2v) is 6.04. The first-order valence-corrected chi connectivity index (χ1v) is 8.27. The molecule has 0 atom stereocenters. The summed E-state index contributed by atoms with van der Waals surface area (Å²) < 4.78 is 7.42. The van der Waals surface area contributed by atoms with E-state index >= 15 is 0 Å². The second kappa shape index (κ2) is 5.70. The fraction of sp³-hybridized carbons (Fsp3) is 0.0500. The predicted molar refractivity (Wildman–Crippen MR) is 100 cm³/mol. The summed E-state index contributed by atoms with van der Waals surface area (Å²) in [5, 5.41) is 9.15. The average Bonchev–Trinajstić information content (AvgIpc) is 3.38. The minimum Gasteiger partial charge on any atom is -0.464 e. The van der Waals surface area contributed by atoms with Gasteiger partial charge >= 0.3 is 0 Å². The summed E-state index contributed by atoms with van der Waals surface area (Å²) in [7, 11) is 2.00. The van der Waals surface area contributed by atoms with Crippen LogP contribution in [-0.2, 0) is 0 Å². The van der Waals surface area contributed by atoms with Gasteiger partial charge in [0.15, 0.2) is 0 Å². The van der Waals surface area contributed by atoms with Crippen LogP contribution in [0.1, 0.15) is 0 Å². The Labute approximate surface area is 149 Å². The van der Waals surface area contributed by atoms with Gasteiger partial charge in [-0.25, -0.2) is 0 Å². The Bertz CT molecular complexity index is 1210. The van der Waals surface area contributed by atoms with Crippen molar-refractivity contribution in [3.8, 4) is 11.3 Å². The molecular formula is C20H15N5O. The number of hydrogen-bond acceptors (Lipinski definition) is 5. The standard InChI is InChI=1S/C20H15N5O/c1-24(15-7-4-6-14(12-15)18-10-5-11-26-18)19-16-8-2-3-9-17(16)25-13-21-23-20(25)22-19/h2-13H,1H3. The highest BCUT2D eigenvalue weighted by atomic mass is 16.3. The van der Waals surface area contributed by atoms with Crippen LogP contribution in [0.4, 0.5) is 11.5 Å². The molecule has 0 unspecified atom stereocenters. The number of rotatable bonds is 3. The lowest BCUT2D eigenvalue weighted by Crippen LogP contribution is -2.13. The summed E-state index contributed by atoms with van der Waals surface area (Å²) in [4.78, 5) is 6.78. The maximum atomic E-state index is 5.52. The summed E-state index contributed by atoms with van der Waals surface area (Å²) in [6.45, 7) is 0. The van der Waals surface area contributed by atoms with Crippen LogP contribution in [0.5, 0.6) is 0 Å². The van der Waals surface area contributed by atoms with Crippen LogP contribution in [0, 0.1) is 0 Å². The number of anilines is 2. The fourth-order valence-electron chi connectivity index (χ4n) is 3.19. The van der Waals surface area contributed by atoms with E-state index in [-0.39, 0.29) is 0 Å². The molecule has 0 aliphatic heterocycles. The van der Waals surface area contributed by atoms with Gasteiger partial charge in [-0.15, -0.1) is 10.2 Å². The molecule has 3 aromatic heterocycles. The minimum atomic E-state index is 0.577. The van der Waals surface area contributed by atoms with Gasteiger partial charge in [-0.1, -0.05) is 24.3 Å². The molecule has 0 radical (unpaired) electrons. The van der Waals surface area contributed by atoms with E-state index in [1.807, 2.05) is 53.9 Å². The Morgan fingerprint density at radius 1 is 1.00 bits per heavy atom. The number of nitrogens with zero attached hydrogens (tertiary/aromatic N) is 5. The first-order chi connectivity index (χ1) is 12.8. The van der Waals surface area contributed by atoms with Crippen molar-refractivity contribution in [2.24, 2.45) is 0 Å². The highest BCUT2D eigenvalue weighted by Gasteiger charge is 2.14. The molecular weight excluding hydrogens is 326 g/mol. The fourth-order valence-corrected chi connectivity index (χ4v) is 3.19. The van der Waals surface area contributed by atoms with Crippen LogP contribution in [0.25, 0.3) is 28.0 Å². The van der Waals surface area contributed by atoms with Crippen molar-refractivity contribution in [3.63, 3.8) is 0 Å². The van der Waals surface area contributed by atoms with Gasteiger partial charge in [0.05, 0.1) is 11.8 Å². The molecule has 0 aliphatic rings. The smallest absolute Gasteiger partial charge is 0.257 e. The van der Waals surface area contributed by atoms with Gasteiger partial charge in [0.25, 0.3) is 5.78 Å². The molecule has 0 amide bonds. The Balaban J connectivity index is 1.69. The Hall–Kier alpha value is -3.67. The largest absolute Gasteiger partial charge is 0.464 e. The van der Waals surface area contributed by atoms with Gasteiger partial charge in [-0.2, -0.15) is 4.98 Å². The van der Waals surface area contributed by atoms with E-state index < -0.39 is 0 Å². The lowest BCUT2D eigenvalue weighted by Gasteiger charge is -2.21. The van der Waals surface area contributed by atoms with Crippen LogP contribution in [0.15, 0.2) is 77.7 Å². The third kappa shape index (κ3) is 2.23. The first-order valence-electron chi connectivity index (χ1n) is 8.27. The summed E-state index contributed by atoms with van der Waals surface area (Å²) >= 11 is 0. The summed E-state index contributed by atoms with van der Waals surface area (Å²) in [6, 6.07) is 20.1. The third-order valence-corrected chi connectivity index (χ3v) is 4.50. The predicted octanol–water partition coefficient (Wildman–Crippen LogP) is 4.31. The van der Waals surface area contributed by atoms with Crippen LogP contribution in [-0.4, -0.2) is 26.6 Å². The van der Waals surface area contributed by atoms with Crippen molar-refractivity contribution in [1.29, 1.82) is 0 Å². The summed E-state index contributed by atoms with van der Waals surface area (Å²) in [5.74, 6) is 2.25. The van der Waals surface area contributed by atoms with E-state index in [1.54, 1.807) is 12.6 Å². The average molecular weight is 341 g/mol. The molecule has 0 aliphatic carbocycles. The maximum Gasteiger partial charge on any atom is 0.257 e. The van der Waals surface area contributed by atoms with E-state index in [2.05, 4.69) is 33.3 Å². The topological polar surface area (TPSA) is 59.5 Å². The number of hydrogen-bond donors (Lipinski definition) is 0. The molecule has 0 bridgehead atoms. The van der Waals surface area contributed by atoms with Crippen molar-refractivity contribution in [3.05, 3.63) is 73.3 Å². The summed E-state index contributed by atoms with van der Waals surface area (Å²) in [6.07, 6.45) is 3.37. The molecule has 5 aromatic rings. The molecule has 5 rings (SSSR count). The van der Waals surface area contributed by atoms with E-state index in [4.69, 9.17) is 9.40 Å².